The Morgan fingerprint density at radius 1 is 1.52 bits per heavy atom. The predicted octanol–water partition coefficient (Wildman–Crippen LogP) is 3.65. The highest BCUT2D eigenvalue weighted by Crippen LogP contribution is 2.33. The highest BCUT2D eigenvalue weighted by atomic mass is 35.5. The summed E-state index contributed by atoms with van der Waals surface area (Å²) < 4.78 is 4.77. The van der Waals surface area contributed by atoms with Crippen molar-refractivity contribution in [3.05, 3.63) is 38.8 Å². The zero-order chi connectivity index (χ0) is 15.6. The summed E-state index contributed by atoms with van der Waals surface area (Å²) in [6, 6.07) is 3.05. The Bertz CT molecular complexity index is 672. The number of benzene rings is 1. The lowest BCUT2D eigenvalue weighted by Crippen LogP contribution is -2.12. The van der Waals surface area contributed by atoms with Crippen molar-refractivity contribution in [2.45, 2.75) is 19.9 Å². The van der Waals surface area contributed by atoms with Gasteiger partial charge in [0.05, 0.1) is 29.4 Å². The first-order valence-electron chi connectivity index (χ1n) is 6.28. The minimum Gasteiger partial charge on any atom is -0.465 e. The van der Waals surface area contributed by atoms with E-state index in [0.717, 1.165) is 9.88 Å². The predicted molar refractivity (Wildman–Crippen MR) is 86.1 cm³/mol. The molecule has 1 atom stereocenters. The second-order valence-corrected chi connectivity index (χ2v) is 6.27. The minimum atomic E-state index is -0.491. The quantitative estimate of drug-likeness (QED) is 0.662. The first-order valence-corrected chi connectivity index (χ1v) is 7.48. The van der Waals surface area contributed by atoms with E-state index in [1.165, 1.54) is 7.11 Å². The summed E-state index contributed by atoms with van der Waals surface area (Å²) in [6.45, 7) is 3.94. The van der Waals surface area contributed by atoms with E-state index in [-0.39, 0.29) is 6.04 Å². The molecule has 2 aromatic rings. The van der Waals surface area contributed by atoms with Crippen LogP contribution in [-0.2, 0) is 4.74 Å². The Morgan fingerprint density at radius 3 is 2.81 bits per heavy atom. The fourth-order valence-electron chi connectivity index (χ4n) is 1.90. The molecule has 5 nitrogen and oxygen atoms in total. The maximum Gasteiger partial charge on any atom is 0.340 e. The average Bonchev–Trinajstić information content (AvgIpc) is 2.87. The summed E-state index contributed by atoms with van der Waals surface area (Å²) in [4.78, 5) is 17.3. The van der Waals surface area contributed by atoms with E-state index in [1.54, 1.807) is 23.5 Å². The molecule has 1 aromatic carbocycles. The van der Waals surface area contributed by atoms with Crippen LogP contribution < -0.4 is 11.1 Å². The van der Waals surface area contributed by atoms with Crippen LogP contribution in [0.2, 0.25) is 5.02 Å². The normalized spacial score (nSPS) is 12.0. The Balaban J connectivity index is 2.36. The van der Waals surface area contributed by atoms with E-state index < -0.39 is 5.97 Å². The highest BCUT2D eigenvalue weighted by Gasteiger charge is 2.19. The molecule has 0 aliphatic heterocycles. The van der Waals surface area contributed by atoms with E-state index in [1.807, 2.05) is 20.0 Å². The van der Waals surface area contributed by atoms with Crippen molar-refractivity contribution in [2.75, 3.05) is 18.2 Å². The zero-order valence-corrected chi connectivity index (χ0v) is 13.5. The van der Waals surface area contributed by atoms with E-state index >= 15 is 0 Å². The van der Waals surface area contributed by atoms with E-state index in [2.05, 4.69) is 10.3 Å². The maximum atomic E-state index is 11.9. The number of halogens is 1. The van der Waals surface area contributed by atoms with Gasteiger partial charge in [-0.3, -0.25) is 0 Å². The molecule has 1 aromatic heterocycles. The Morgan fingerprint density at radius 2 is 2.24 bits per heavy atom. The fourth-order valence-corrected chi connectivity index (χ4v) is 2.95. The van der Waals surface area contributed by atoms with Crippen molar-refractivity contribution in [2.24, 2.45) is 0 Å². The number of hydrogen-bond donors (Lipinski definition) is 2. The number of aromatic nitrogens is 1. The summed E-state index contributed by atoms with van der Waals surface area (Å²) in [6.07, 6.45) is 1.81. The van der Waals surface area contributed by atoms with E-state index in [0.29, 0.717) is 22.0 Å². The molecular formula is C14H16ClN3O2S. The topological polar surface area (TPSA) is 77.2 Å². The first kappa shape index (κ1) is 15.6. The van der Waals surface area contributed by atoms with Crippen LogP contribution in [0.5, 0.6) is 0 Å². The van der Waals surface area contributed by atoms with Crippen molar-refractivity contribution >= 4 is 40.3 Å². The van der Waals surface area contributed by atoms with Gasteiger partial charge in [0.2, 0.25) is 0 Å². The molecule has 2 rings (SSSR count). The number of methoxy groups -OCH3 is 1. The summed E-state index contributed by atoms with van der Waals surface area (Å²) in [7, 11) is 1.32. The number of esters is 1. The lowest BCUT2D eigenvalue weighted by molar-refractivity contribution is 0.0602. The molecular weight excluding hydrogens is 310 g/mol. The number of nitrogens with one attached hydrogen (secondary N) is 1. The molecule has 0 saturated heterocycles. The van der Waals surface area contributed by atoms with Crippen LogP contribution in [0.25, 0.3) is 0 Å². The minimum absolute atomic E-state index is 0.0896. The van der Waals surface area contributed by atoms with E-state index in [4.69, 9.17) is 22.1 Å². The number of thiazole rings is 1. The van der Waals surface area contributed by atoms with Gasteiger partial charge in [-0.25, -0.2) is 9.78 Å². The van der Waals surface area contributed by atoms with Crippen LogP contribution >= 0.6 is 22.9 Å². The van der Waals surface area contributed by atoms with Gasteiger partial charge in [0.25, 0.3) is 0 Å². The highest BCUT2D eigenvalue weighted by molar-refractivity contribution is 7.11. The molecule has 0 radical (unpaired) electrons. The van der Waals surface area contributed by atoms with Gasteiger partial charge in [0.1, 0.15) is 5.01 Å². The number of rotatable bonds is 4. The molecule has 0 spiro atoms. The smallest absolute Gasteiger partial charge is 0.340 e. The number of nitrogens with zero attached hydrogens (tertiary/aromatic N) is 1. The number of nitrogens with two attached hydrogens (primary N) is 1. The van der Waals surface area contributed by atoms with E-state index in [9.17, 15) is 4.79 Å². The largest absolute Gasteiger partial charge is 0.465 e. The first-order chi connectivity index (χ1) is 9.92. The van der Waals surface area contributed by atoms with Crippen molar-refractivity contribution < 1.29 is 9.53 Å². The van der Waals surface area contributed by atoms with Gasteiger partial charge in [-0.15, -0.1) is 11.3 Å². The molecule has 0 amide bonds. The molecule has 0 aliphatic rings. The second-order valence-electron chi connectivity index (χ2n) is 4.59. The van der Waals surface area contributed by atoms with Crippen molar-refractivity contribution in [3.63, 3.8) is 0 Å². The Labute approximate surface area is 132 Å². The third-order valence-electron chi connectivity index (χ3n) is 2.89. The number of aryl methyl sites for hydroxylation is 1. The van der Waals surface area contributed by atoms with Crippen LogP contribution in [0.3, 0.4) is 0 Å². The number of ether oxygens (including phenoxy) is 1. The fraction of sp³-hybridized carbons (Fsp3) is 0.286. The number of nitrogen functional groups attached to an aromatic ring is 1. The Hall–Kier alpha value is -1.79. The third-order valence-corrected chi connectivity index (χ3v) is 4.28. The number of carbonyl (C=O) groups excluding carboxylic acids is 1. The van der Waals surface area contributed by atoms with Crippen LogP contribution in [0, 0.1) is 6.92 Å². The Kier molecular flexibility index (Phi) is 4.69. The lowest BCUT2D eigenvalue weighted by atomic mass is 10.1. The SMILES string of the molecule is COC(=O)c1cc(N)cc(Cl)c1NC(C)c1ncc(C)s1. The third kappa shape index (κ3) is 3.46. The number of hydrogen-bond acceptors (Lipinski definition) is 6. The number of carbonyl (C=O) groups is 1. The number of anilines is 2. The van der Waals surface area contributed by atoms with Gasteiger partial charge in [-0.1, -0.05) is 11.6 Å². The average molecular weight is 326 g/mol. The molecule has 112 valence electrons. The monoisotopic (exact) mass is 325 g/mol. The lowest BCUT2D eigenvalue weighted by Gasteiger charge is -2.17. The maximum absolute atomic E-state index is 11.9. The summed E-state index contributed by atoms with van der Waals surface area (Å²) in [5, 5.41) is 4.49. The molecule has 7 heteroatoms. The van der Waals surface area contributed by atoms with Gasteiger partial charge >= 0.3 is 5.97 Å². The van der Waals surface area contributed by atoms with Crippen LogP contribution in [0.4, 0.5) is 11.4 Å². The molecule has 0 saturated carbocycles. The van der Waals surface area contributed by atoms with Gasteiger partial charge in [-0.05, 0) is 26.0 Å². The molecule has 21 heavy (non-hydrogen) atoms. The van der Waals surface area contributed by atoms with Crippen LogP contribution in [0.15, 0.2) is 18.3 Å². The van der Waals surface area contributed by atoms with Crippen molar-refractivity contribution in [3.8, 4) is 0 Å². The summed E-state index contributed by atoms with van der Waals surface area (Å²) in [5.41, 5.74) is 6.95. The summed E-state index contributed by atoms with van der Waals surface area (Å²) in [5.74, 6) is -0.491. The molecule has 1 unspecified atom stereocenters. The van der Waals surface area contributed by atoms with Crippen LogP contribution in [0.1, 0.15) is 33.2 Å². The van der Waals surface area contributed by atoms with Gasteiger partial charge in [0.15, 0.2) is 0 Å². The molecule has 0 bridgehead atoms. The van der Waals surface area contributed by atoms with Crippen LogP contribution in [-0.4, -0.2) is 18.1 Å². The van der Waals surface area contributed by atoms with Crippen molar-refractivity contribution in [1.82, 2.24) is 4.98 Å². The van der Waals surface area contributed by atoms with Gasteiger partial charge in [-0.2, -0.15) is 0 Å². The molecule has 0 aliphatic carbocycles. The van der Waals surface area contributed by atoms with Gasteiger partial charge in [0, 0.05) is 16.8 Å². The molecule has 1 heterocycles. The molecule has 0 fully saturated rings. The standard InChI is InChI=1S/C14H16ClN3O2S/c1-7-6-17-13(21-7)8(2)18-12-10(14(19)20-3)4-9(16)5-11(12)15/h4-6,8,18H,16H2,1-3H3. The summed E-state index contributed by atoms with van der Waals surface area (Å²) >= 11 is 7.79. The second kappa shape index (κ2) is 6.32. The zero-order valence-electron chi connectivity index (χ0n) is 11.9. The van der Waals surface area contributed by atoms with Gasteiger partial charge < -0.3 is 15.8 Å². The van der Waals surface area contributed by atoms with Crippen molar-refractivity contribution in [1.29, 1.82) is 0 Å². The molecule has 3 N–H and O–H groups in total.